The topological polar surface area (TPSA) is 43.8 Å². The van der Waals surface area contributed by atoms with Gasteiger partial charge in [-0.15, -0.1) is 0 Å². The van der Waals surface area contributed by atoms with Gasteiger partial charge in [-0.3, -0.25) is 0 Å². The van der Waals surface area contributed by atoms with Crippen molar-refractivity contribution in [3.8, 4) is 0 Å². The van der Waals surface area contributed by atoms with Gasteiger partial charge in [-0.2, -0.15) is 0 Å². The molecule has 1 aromatic carbocycles. The Bertz CT molecular complexity index is 642. The molecule has 2 aromatic rings. The largest absolute Gasteiger partial charge is 0.369 e. The summed E-state index contributed by atoms with van der Waals surface area (Å²) < 4.78 is 29.2. The van der Waals surface area contributed by atoms with Crippen molar-refractivity contribution in [1.82, 2.24) is 9.55 Å². The van der Waals surface area contributed by atoms with E-state index in [9.17, 15) is 8.78 Å². The summed E-state index contributed by atoms with van der Waals surface area (Å²) in [7, 11) is 0. The summed E-state index contributed by atoms with van der Waals surface area (Å²) in [6.45, 7) is 2.85. The Morgan fingerprint density at radius 2 is 1.86 bits per heavy atom. The Hall–Kier alpha value is -1.65. The van der Waals surface area contributed by atoms with E-state index in [1.54, 1.807) is 4.57 Å². The van der Waals surface area contributed by atoms with Crippen LogP contribution in [0.2, 0.25) is 0 Å². The zero-order chi connectivity index (χ0) is 15.0. The Balaban J connectivity index is 1.87. The van der Waals surface area contributed by atoms with Crippen molar-refractivity contribution in [2.45, 2.75) is 45.6 Å². The van der Waals surface area contributed by atoms with Crippen LogP contribution in [0.4, 0.5) is 14.7 Å². The SMILES string of the molecule is CCC1CCC(Cn2c(N)nc3ccc(F)c(F)c32)CC1. The molecule has 3 rings (SSSR count). The molecule has 0 unspecified atom stereocenters. The van der Waals surface area contributed by atoms with Crippen molar-refractivity contribution in [2.75, 3.05) is 5.73 Å². The molecule has 1 fully saturated rings. The Labute approximate surface area is 123 Å². The fraction of sp³-hybridized carbons (Fsp3) is 0.562. The molecular weight excluding hydrogens is 272 g/mol. The fourth-order valence-electron chi connectivity index (χ4n) is 3.44. The molecule has 0 atom stereocenters. The van der Waals surface area contributed by atoms with Gasteiger partial charge in [0.05, 0.1) is 5.52 Å². The molecule has 1 aliphatic carbocycles. The summed E-state index contributed by atoms with van der Waals surface area (Å²) in [5, 5.41) is 0. The van der Waals surface area contributed by atoms with Gasteiger partial charge in [-0.25, -0.2) is 13.8 Å². The molecule has 0 bridgehead atoms. The van der Waals surface area contributed by atoms with E-state index in [2.05, 4.69) is 11.9 Å². The first-order valence-electron chi connectivity index (χ1n) is 7.69. The molecule has 5 heteroatoms. The molecule has 1 aromatic heterocycles. The number of nitrogens with two attached hydrogens (primary N) is 1. The maximum atomic E-state index is 14.1. The zero-order valence-electron chi connectivity index (χ0n) is 12.3. The molecule has 1 aliphatic rings. The van der Waals surface area contributed by atoms with E-state index in [1.807, 2.05) is 0 Å². The number of rotatable bonds is 3. The first-order valence-corrected chi connectivity index (χ1v) is 7.69. The van der Waals surface area contributed by atoms with Crippen LogP contribution in [-0.4, -0.2) is 9.55 Å². The molecule has 1 saturated carbocycles. The van der Waals surface area contributed by atoms with E-state index in [-0.39, 0.29) is 11.5 Å². The molecule has 114 valence electrons. The van der Waals surface area contributed by atoms with Gasteiger partial charge in [-0.1, -0.05) is 26.2 Å². The Kier molecular flexibility index (Phi) is 3.83. The van der Waals surface area contributed by atoms with Crippen LogP contribution in [0.25, 0.3) is 11.0 Å². The number of nitrogens with zero attached hydrogens (tertiary/aromatic N) is 2. The van der Waals surface area contributed by atoms with Crippen LogP contribution in [0.3, 0.4) is 0 Å². The first kappa shape index (κ1) is 14.3. The lowest BCUT2D eigenvalue weighted by atomic mass is 9.81. The van der Waals surface area contributed by atoms with Crippen molar-refractivity contribution in [3.63, 3.8) is 0 Å². The summed E-state index contributed by atoms with van der Waals surface area (Å²) in [5.74, 6) is -0.146. The van der Waals surface area contributed by atoms with Gasteiger partial charge < -0.3 is 10.3 Å². The van der Waals surface area contributed by atoms with Crippen LogP contribution in [0.5, 0.6) is 0 Å². The first-order chi connectivity index (χ1) is 10.1. The molecule has 0 saturated heterocycles. The van der Waals surface area contributed by atoms with E-state index in [4.69, 9.17) is 5.73 Å². The van der Waals surface area contributed by atoms with E-state index in [0.29, 0.717) is 18.0 Å². The molecule has 1 heterocycles. The number of imidazole rings is 1. The number of hydrogen-bond acceptors (Lipinski definition) is 2. The van der Waals surface area contributed by atoms with Crippen LogP contribution in [-0.2, 0) is 6.54 Å². The smallest absolute Gasteiger partial charge is 0.201 e. The summed E-state index contributed by atoms with van der Waals surface area (Å²) in [4.78, 5) is 4.15. The highest BCUT2D eigenvalue weighted by Crippen LogP contribution is 2.33. The zero-order valence-corrected chi connectivity index (χ0v) is 12.3. The molecular formula is C16H21F2N3. The van der Waals surface area contributed by atoms with Crippen LogP contribution < -0.4 is 5.73 Å². The average Bonchev–Trinajstić information content (AvgIpc) is 2.81. The average molecular weight is 293 g/mol. The number of hydrogen-bond donors (Lipinski definition) is 1. The minimum absolute atomic E-state index is 0.199. The van der Waals surface area contributed by atoms with Crippen molar-refractivity contribution >= 4 is 17.0 Å². The lowest BCUT2D eigenvalue weighted by Crippen LogP contribution is -2.19. The van der Waals surface area contributed by atoms with Crippen molar-refractivity contribution in [2.24, 2.45) is 11.8 Å². The van der Waals surface area contributed by atoms with Gasteiger partial charge in [-0.05, 0) is 36.8 Å². The van der Waals surface area contributed by atoms with Crippen molar-refractivity contribution in [3.05, 3.63) is 23.8 Å². The lowest BCUT2D eigenvalue weighted by molar-refractivity contribution is 0.249. The highest BCUT2D eigenvalue weighted by atomic mass is 19.2. The highest BCUT2D eigenvalue weighted by Gasteiger charge is 2.23. The van der Waals surface area contributed by atoms with Crippen LogP contribution in [0.15, 0.2) is 12.1 Å². The predicted molar refractivity (Wildman–Crippen MR) is 79.8 cm³/mol. The van der Waals surface area contributed by atoms with Crippen molar-refractivity contribution < 1.29 is 8.78 Å². The second kappa shape index (κ2) is 5.62. The van der Waals surface area contributed by atoms with E-state index >= 15 is 0 Å². The van der Waals surface area contributed by atoms with Crippen LogP contribution in [0.1, 0.15) is 39.0 Å². The van der Waals surface area contributed by atoms with Crippen LogP contribution >= 0.6 is 0 Å². The van der Waals surface area contributed by atoms with Gasteiger partial charge in [0.1, 0.15) is 5.52 Å². The van der Waals surface area contributed by atoms with Gasteiger partial charge in [0.2, 0.25) is 5.95 Å². The van der Waals surface area contributed by atoms with Gasteiger partial charge in [0, 0.05) is 6.54 Å². The summed E-state index contributed by atoms with van der Waals surface area (Å²) >= 11 is 0. The maximum Gasteiger partial charge on any atom is 0.201 e. The normalized spacial score (nSPS) is 22.8. The number of anilines is 1. The molecule has 21 heavy (non-hydrogen) atoms. The van der Waals surface area contributed by atoms with Crippen molar-refractivity contribution in [1.29, 1.82) is 0 Å². The Morgan fingerprint density at radius 3 is 2.52 bits per heavy atom. The number of halogens is 2. The number of nitrogen functional groups attached to an aromatic ring is 1. The minimum Gasteiger partial charge on any atom is -0.369 e. The fourth-order valence-corrected chi connectivity index (χ4v) is 3.44. The van der Waals surface area contributed by atoms with Crippen LogP contribution in [0, 0.1) is 23.5 Å². The van der Waals surface area contributed by atoms with Gasteiger partial charge in [0.25, 0.3) is 0 Å². The third kappa shape index (κ3) is 2.61. The van der Waals surface area contributed by atoms with Gasteiger partial charge >= 0.3 is 0 Å². The third-order valence-electron chi connectivity index (χ3n) is 4.81. The third-order valence-corrected chi connectivity index (χ3v) is 4.81. The molecule has 2 N–H and O–H groups in total. The van der Waals surface area contributed by atoms with E-state index in [0.717, 1.165) is 24.8 Å². The molecule has 0 amide bonds. The van der Waals surface area contributed by atoms with E-state index in [1.165, 1.54) is 25.3 Å². The predicted octanol–water partition coefficient (Wildman–Crippen LogP) is 4.11. The second-order valence-electron chi connectivity index (χ2n) is 6.10. The molecule has 3 nitrogen and oxygen atoms in total. The van der Waals surface area contributed by atoms with Gasteiger partial charge in [0.15, 0.2) is 11.6 Å². The molecule has 0 spiro atoms. The maximum absolute atomic E-state index is 14.1. The quantitative estimate of drug-likeness (QED) is 0.925. The summed E-state index contributed by atoms with van der Waals surface area (Å²) in [6.07, 6.45) is 5.89. The minimum atomic E-state index is -0.849. The number of fused-ring (bicyclic) bond motifs is 1. The standard InChI is InChI=1S/C16H21F2N3/c1-2-10-3-5-11(6-4-10)9-21-15-13(20-16(21)19)8-7-12(17)14(15)18/h7-8,10-11H,2-6,9H2,1H3,(H2,19,20). The number of aromatic nitrogens is 2. The summed E-state index contributed by atoms with van der Waals surface area (Å²) in [6, 6.07) is 2.58. The van der Waals surface area contributed by atoms with E-state index < -0.39 is 11.6 Å². The second-order valence-corrected chi connectivity index (χ2v) is 6.10. The lowest BCUT2D eigenvalue weighted by Gasteiger charge is -2.28. The number of benzene rings is 1. The molecule has 0 radical (unpaired) electrons. The monoisotopic (exact) mass is 293 g/mol. The summed E-state index contributed by atoms with van der Waals surface area (Å²) in [5.41, 5.74) is 6.53. The highest BCUT2D eigenvalue weighted by molar-refractivity contribution is 5.79. The molecule has 0 aliphatic heterocycles. The Morgan fingerprint density at radius 1 is 1.19 bits per heavy atom.